The summed E-state index contributed by atoms with van der Waals surface area (Å²) in [5, 5.41) is 8.54. The Morgan fingerprint density at radius 3 is 2.70 bits per heavy atom. The van der Waals surface area contributed by atoms with Gasteiger partial charge in [-0.05, 0) is 25.2 Å². The molecule has 1 aliphatic rings. The predicted molar refractivity (Wildman–Crippen MR) is 46.4 cm³/mol. The number of carbonyl (C=O) groups is 1. The Morgan fingerprint density at radius 2 is 2.40 bits per heavy atom. The van der Waals surface area contributed by atoms with E-state index < -0.39 is 5.97 Å². The van der Waals surface area contributed by atoms with E-state index >= 15 is 0 Å². The first kappa shape index (κ1) is 11.2. The molecule has 1 N–H and O–H groups in total. The second-order valence-corrected chi connectivity index (χ2v) is 3.79. The van der Waals surface area contributed by atoms with Gasteiger partial charge in [-0.25, -0.2) is 0 Å². The van der Waals surface area contributed by atoms with Gasteiger partial charge in [0.25, 0.3) is 0 Å². The van der Waals surface area contributed by atoms with Crippen molar-refractivity contribution in [3.8, 4) is 0 Å². The smallest absolute Gasteiger partial charge is 1.00 e. The van der Waals surface area contributed by atoms with E-state index in [4.69, 9.17) is 5.11 Å². The van der Waals surface area contributed by atoms with E-state index in [9.17, 15) is 4.79 Å². The van der Waals surface area contributed by atoms with Gasteiger partial charge in [0.1, 0.15) is 0 Å². The van der Waals surface area contributed by atoms with Gasteiger partial charge >= 0.3 is 43.7 Å². The summed E-state index contributed by atoms with van der Waals surface area (Å²) in [6.07, 6.45) is 4.21. The topological polar surface area (TPSA) is 37.3 Å². The third-order valence-electron chi connectivity index (χ3n) is 1.65. The van der Waals surface area contributed by atoms with Gasteiger partial charge < -0.3 is 7.96 Å². The van der Waals surface area contributed by atoms with Crippen LogP contribution in [0.15, 0.2) is 0 Å². The second-order valence-electron chi connectivity index (χ2n) is 2.38. The van der Waals surface area contributed by atoms with E-state index in [0.29, 0.717) is 0 Å². The molecule has 1 saturated heterocycles. The molecule has 4 heteroatoms. The zero-order valence-electron chi connectivity index (χ0n) is 7.97. The fraction of sp³-hybridized carbons (Fsp3) is 0.833. The van der Waals surface area contributed by atoms with Crippen LogP contribution < -0.4 is 0 Å². The van der Waals surface area contributed by atoms with Gasteiger partial charge in [-0.1, -0.05) is 0 Å². The van der Waals surface area contributed by atoms with Crippen molar-refractivity contribution in [1.29, 1.82) is 0 Å². The molecule has 10 heavy (non-hydrogen) atoms. The van der Waals surface area contributed by atoms with Gasteiger partial charge in [0.05, 0.1) is 5.92 Å². The first-order chi connectivity index (χ1) is 4.30. The molecule has 56 valence electrons. The van der Waals surface area contributed by atoms with Gasteiger partial charge in [-0.15, -0.1) is 8.58 Å². The first-order valence-corrected chi connectivity index (χ1v) is 4.65. The molecule has 2 atom stereocenters. The number of hydrogen-bond donors (Lipinski definition) is 1. The fourth-order valence-corrected chi connectivity index (χ4v) is 2.45. The van der Waals surface area contributed by atoms with Crippen LogP contribution in [0.3, 0.4) is 0 Å². The van der Waals surface area contributed by atoms with E-state index in [0.717, 1.165) is 27.6 Å². The van der Waals surface area contributed by atoms with E-state index in [1.807, 2.05) is 0 Å². The molecule has 1 fully saturated rings. The number of hydrogen-bond acceptors (Lipinski definition) is 1. The van der Waals surface area contributed by atoms with Crippen molar-refractivity contribution in [2.45, 2.75) is 12.8 Å². The van der Waals surface area contributed by atoms with Crippen LogP contribution in [-0.4, -0.2) is 61.1 Å². The van der Waals surface area contributed by atoms with Crippen LogP contribution in [0.5, 0.6) is 0 Å². The Morgan fingerprint density at radius 1 is 1.70 bits per heavy atom. The maximum atomic E-state index is 10.4. The summed E-state index contributed by atoms with van der Waals surface area (Å²) in [6, 6.07) is 0. The van der Waals surface area contributed by atoms with Crippen molar-refractivity contribution in [3.63, 3.8) is 0 Å². The molecule has 2 nitrogen and oxygen atoms in total. The quantitative estimate of drug-likeness (QED) is 0.492. The molecule has 0 aromatic carbocycles. The van der Waals surface area contributed by atoms with Crippen molar-refractivity contribution in [1.82, 2.24) is 0 Å². The molecule has 0 bridgehead atoms. The van der Waals surface area contributed by atoms with Crippen molar-refractivity contribution in [3.05, 3.63) is 0 Å². The van der Waals surface area contributed by atoms with Gasteiger partial charge in [-0.3, -0.25) is 4.79 Å². The standard InChI is InChI=1S/C6H11O2P.Ca.2H/c7-6(8)5-2-1-3-9-4-5;;;/h5,9H,1-4H2,(H,7,8);;;/q;+2;2*-1. The summed E-state index contributed by atoms with van der Waals surface area (Å²) < 4.78 is 0. The Labute approximate surface area is 95.5 Å². The zero-order chi connectivity index (χ0) is 6.69. The van der Waals surface area contributed by atoms with Crippen LogP contribution in [0.25, 0.3) is 0 Å². The number of rotatable bonds is 1. The SMILES string of the molecule is O=C(O)C1CCCPC1.[Ca+2].[H-].[H-]. The molecule has 1 aliphatic heterocycles. The molecule has 0 aromatic rings. The third-order valence-corrected chi connectivity index (χ3v) is 3.13. The molecule has 2 unspecified atom stereocenters. The molecule has 0 spiro atoms. The van der Waals surface area contributed by atoms with E-state index in [2.05, 4.69) is 0 Å². The molecule has 0 amide bonds. The summed E-state index contributed by atoms with van der Waals surface area (Å²) in [5.74, 6) is -0.612. The van der Waals surface area contributed by atoms with Crippen molar-refractivity contribution in [2.24, 2.45) is 5.92 Å². The predicted octanol–water partition coefficient (Wildman–Crippen LogP) is 1.00. The Balaban J connectivity index is -0.000000270. The van der Waals surface area contributed by atoms with Crippen LogP contribution >= 0.6 is 8.58 Å². The van der Waals surface area contributed by atoms with Gasteiger partial charge in [0.15, 0.2) is 0 Å². The molecular formula is C6H13CaO2P. The summed E-state index contributed by atoms with van der Waals surface area (Å²) in [7, 11) is 0.894. The minimum absolute atomic E-state index is 0. The molecule has 0 radical (unpaired) electrons. The molecule has 0 aliphatic carbocycles. The average molecular weight is 188 g/mol. The largest absolute Gasteiger partial charge is 2.00 e. The molecular weight excluding hydrogens is 175 g/mol. The minimum Gasteiger partial charge on any atom is -1.00 e. The summed E-state index contributed by atoms with van der Waals surface area (Å²) in [6.45, 7) is 0. The number of carboxylic acid groups (broad SMARTS) is 1. The van der Waals surface area contributed by atoms with Crippen LogP contribution in [-0.2, 0) is 4.79 Å². The zero-order valence-corrected chi connectivity index (χ0v) is 9.18. The third kappa shape index (κ3) is 3.52. The van der Waals surface area contributed by atoms with Gasteiger partial charge in [-0.2, -0.15) is 0 Å². The normalized spacial score (nSPS) is 27.4. The second kappa shape index (κ2) is 5.77. The van der Waals surface area contributed by atoms with Crippen LogP contribution in [0.1, 0.15) is 15.7 Å². The van der Waals surface area contributed by atoms with E-state index in [1.54, 1.807) is 0 Å². The maximum Gasteiger partial charge on any atom is 2.00 e. The Kier molecular flexibility index (Phi) is 6.43. The summed E-state index contributed by atoms with van der Waals surface area (Å²) >= 11 is 0. The van der Waals surface area contributed by atoms with Crippen LogP contribution in [0.4, 0.5) is 0 Å². The van der Waals surface area contributed by atoms with E-state index in [-0.39, 0.29) is 46.5 Å². The molecule has 0 saturated carbocycles. The molecule has 1 rings (SSSR count). The van der Waals surface area contributed by atoms with Gasteiger partial charge in [0, 0.05) is 0 Å². The van der Waals surface area contributed by atoms with Crippen molar-refractivity contribution < 1.29 is 12.8 Å². The first-order valence-electron chi connectivity index (χ1n) is 3.24. The molecule has 0 aromatic heterocycles. The molecule has 1 heterocycles. The Hall–Kier alpha value is 1.16. The summed E-state index contributed by atoms with van der Waals surface area (Å²) in [4.78, 5) is 10.4. The van der Waals surface area contributed by atoms with Crippen LogP contribution in [0.2, 0.25) is 0 Å². The average Bonchev–Trinajstić information content (AvgIpc) is 1.90. The fourth-order valence-electron chi connectivity index (χ4n) is 1.06. The minimum atomic E-state index is -0.595. The Bertz CT molecular complexity index is 120. The maximum absolute atomic E-state index is 10.4. The van der Waals surface area contributed by atoms with Gasteiger partial charge in [0.2, 0.25) is 0 Å². The van der Waals surface area contributed by atoms with Crippen LogP contribution in [0, 0.1) is 5.92 Å². The number of carboxylic acids is 1. The van der Waals surface area contributed by atoms with Crippen molar-refractivity contribution >= 4 is 52.3 Å². The van der Waals surface area contributed by atoms with E-state index in [1.165, 1.54) is 6.16 Å². The van der Waals surface area contributed by atoms with Crippen molar-refractivity contribution in [2.75, 3.05) is 12.3 Å². The monoisotopic (exact) mass is 188 g/mol. The summed E-state index contributed by atoms with van der Waals surface area (Å²) in [5.41, 5.74) is 0. The number of aliphatic carboxylic acids is 1.